The van der Waals surface area contributed by atoms with Crippen LogP contribution in [0.4, 0.5) is 0 Å². The maximum absolute atomic E-state index is 12.4. The first-order valence-electron chi connectivity index (χ1n) is 7.71. The highest BCUT2D eigenvalue weighted by molar-refractivity contribution is 6.30. The largest absolute Gasteiger partial charge is 0.351 e. The number of aromatic nitrogens is 2. The van der Waals surface area contributed by atoms with E-state index in [1.54, 1.807) is 16.7 Å². The van der Waals surface area contributed by atoms with E-state index in [2.05, 4.69) is 29.0 Å². The number of pyridine rings is 1. The molecule has 0 radical (unpaired) electrons. The van der Waals surface area contributed by atoms with Gasteiger partial charge >= 0.3 is 0 Å². The molecule has 22 heavy (non-hydrogen) atoms. The van der Waals surface area contributed by atoms with Crippen molar-refractivity contribution in [1.29, 1.82) is 0 Å². The van der Waals surface area contributed by atoms with Crippen molar-refractivity contribution in [2.75, 3.05) is 26.2 Å². The van der Waals surface area contributed by atoms with Crippen LogP contribution in [0, 0.1) is 6.92 Å². The Bertz CT molecular complexity index is 649. The average molecular weight is 323 g/mol. The number of imidazole rings is 1. The van der Waals surface area contributed by atoms with Gasteiger partial charge in [-0.15, -0.1) is 0 Å². The highest BCUT2D eigenvalue weighted by Crippen LogP contribution is 2.16. The normalized spacial score (nSPS) is 11.3. The van der Waals surface area contributed by atoms with E-state index in [9.17, 15) is 4.79 Å². The zero-order valence-corrected chi connectivity index (χ0v) is 14.2. The van der Waals surface area contributed by atoms with Gasteiger partial charge in [0, 0.05) is 12.7 Å². The van der Waals surface area contributed by atoms with Crippen LogP contribution in [0.2, 0.25) is 5.02 Å². The number of aryl methyl sites for hydroxylation is 1. The molecule has 0 fully saturated rings. The Morgan fingerprint density at radius 3 is 2.77 bits per heavy atom. The lowest BCUT2D eigenvalue weighted by Gasteiger charge is -2.17. The number of carbonyl (C=O) groups excluding carboxylic acids is 1. The lowest BCUT2D eigenvalue weighted by atomic mass is 10.3. The Kier molecular flexibility index (Phi) is 5.80. The number of hydrogen-bond donors (Lipinski definition) is 1. The molecule has 0 aliphatic heterocycles. The fraction of sp³-hybridized carbons (Fsp3) is 0.500. The predicted octanol–water partition coefficient (Wildman–Crippen LogP) is 2.76. The maximum atomic E-state index is 12.4. The molecule has 0 aliphatic carbocycles. The molecular formula is C16H23ClN4O. The Labute approximate surface area is 136 Å². The van der Waals surface area contributed by atoms with Crippen LogP contribution in [-0.4, -0.2) is 46.4 Å². The SMILES string of the molecule is CCN(CC)CCCNC(=O)c1c(C)nc2ccc(Cl)cn12. The third kappa shape index (κ3) is 3.78. The van der Waals surface area contributed by atoms with Crippen molar-refractivity contribution >= 4 is 23.2 Å². The van der Waals surface area contributed by atoms with Crippen molar-refractivity contribution in [1.82, 2.24) is 19.6 Å². The summed E-state index contributed by atoms with van der Waals surface area (Å²) in [6.45, 7) is 9.85. The third-order valence-corrected chi connectivity index (χ3v) is 4.03. The van der Waals surface area contributed by atoms with Gasteiger partial charge in [0.05, 0.1) is 10.7 Å². The Hall–Kier alpha value is -1.59. The van der Waals surface area contributed by atoms with Crippen molar-refractivity contribution in [3.63, 3.8) is 0 Å². The molecule has 120 valence electrons. The summed E-state index contributed by atoms with van der Waals surface area (Å²) in [7, 11) is 0. The molecule has 0 aromatic carbocycles. The van der Waals surface area contributed by atoms with E-state index in [0.717, 1.165) is 31.7 Å². The summed E-state index contributed by atoms with van der Waals surface area (Å²) in [5.41, 5.74) is 2.00. The van der Waals surface area contributed by atoms with Gasteiger partial charge in [-0.3, -0.25) is 9.20 Å². The number of nitrogens with one attached hydrogen (secondary N) is 1. The lowest BCUT2D eigenvalue weighted by molar-refractivity contribution is 0.0945. The van der Waals surface area contributed by atoms with Crippen LogP contribution in [0.15, 0.2) is 18.3 Å². The number of nitrogens with zero attached hydrogens (tertiary/aromatic N) is 3. The minimum Gasteiger partial charge on any atom is -0.351 e. The second kappa shape index (κ2) is 7.61. The molecule has 0 bridgehead atoms. The number of halogens is 1. The zero-order chi connectivity index (χ0) is 16.1. The van der Waals surface area contributed by atoms with Gasteiger partial charge in [0.2, 0.25) is 0 Å². The summed E-state index contributed by atoms with van der Waals surface area (Å²) >= 11 is 6.01. The minimum absolute atomic E-state index is 0.105. The van der Waals surface area contributed by atoms with E-state index in [-0.39, 0.29) is 5.91 Å². The van der Waals surface area contributed by atoms with Crippen molar-refractivity contribution in [2.24, 2.45) is 0 Å². The maximum Gasteiger partial charge on any atom is 0.270 e. The highest BCUT2D eigenvalue weighted by Gasteiger charge is 2.16. The van der Waals surface area contributed by atoms with Gasteiger partial charge < -0.3 is 10.2 Å². The van der Waals surface area contributed by atoms with Gasteiger partial charge in [0.25, 0.3) is 5.91 Å². The van der Waals surface area contributed by atoms with Crippen LogP contribution in [0.5, 0.6) is 0 Å². The lowest BCUT2D eigenvalue weighted by Crippen LogP contribution is -2.30. The fourth-order valence-corrected chi connectivity index (χ4v) is 2.70. The molecule has 6 heteroatoms. The van der Waals surface area contributed by atoms with Crippen LogP contribution in [0.3, 0.4) is 0 Å². The van der Waals surface area contributed by atoms with Gasteiger partial charge in [0.1, 0.15) is 11.3 Å². The molecule has 5 nitrogen and oxygen atoms in total. The molecular weight excluding hydrogens is 300 g/mol. The van der Waals surface area contributed by atoms with Crippen molar-refractivity contribution in [3.05, 3.63) is 34.7 Å². The summed E-state index contributed by atoms with van der Waals surface area (Å²) in [5, 5.41) is 3.56. The summed E-state index contributed by atoms with van der Waals surface area (Å²) in [6.07, 6.45) is 2.66. The Morgan fingerprint density at radius 2 is 2.09 bits per heavy atom. The standard InChI is InChI=1S/C16H23ClN4O/c1-4-20(5-2)10-6-9-18-16(22)15-12(3)19-14-8-7-13(17)11-21(14)15/h7-8,11H,4-6,9-10H2,1-3H3,(H,18,22). The smallest absolute Gasteiger partial charge is 0.270 e. The number of fused-ring (bicyclic) bond motifs is 1. The van der Waals surface area contributed by atoms with Crippen LogP contribution >= 0.6 is 11.6 Å². The zero-order valence-electron chi connectivity index (χ0n) is 13.4. The number of carbonyl (C=O) groups is 1. The van der Waals surface area contributed by atoms with E-state index in [1.165, 1.54) is 0 Å². The van der Waals surface area contributed by atoms with Crippen LogP contribution in [-0.2, 0) is 0 Å². The summed E-state index contributed by atoms with van der Waals surface area (Å²) in [6, 6.07) is 3.58. The second-order valence-corrected chi connectivity index (χ2v) is 5.69. The number of rotatable bonds is 7. The van der Waals surface area contributed by atoms with Gasteiger partial charge in [-0.25, -0.2) is 4.98 Å². The molecule has 0 saturated heterocycles. The van der Waals surface area contributed by atoms with Crippen LogP contribution in [0.1, 0.15) is 36.5 Å². The molecule has 1 amide bonds. The number of amides is 1. The van der Waals surface area contributed by atoms with E-state index in [4.69, 9.17) is 11.6 Å². The summed E-state index contributed by atoms with van der Waals surface area (Å²) in [4.78, 5) is 19.1. The van der Waals surface area contributed by atoms with Crippen molar-refractivity contribution < 1.29 is 4.79 Å². The van der Waals surface area contributed by atoms with Crippen LogP contribution in [0.25, 0.3) is 5.65 Å². The third-order valence-electron chi connectivity index (χ3n) is 3.80. The van der Waals surface area contributed by atoms with Crippen molar-refractivity contribution in [3.8, 4) is 0 Å². The molecule has 0 unspecified atom stereocenters. The quantitative estimate of drug-likeness (QED) is 0.797. The molecule has 0 saturated carbocycles. The second-order valence-electron chi connectivity index (χ2n) is 5.26. The van der Waals surface area contributed by atoms with E-state index in [1.807, 2.05) is 13.0 Å². The Morgan fingerprint density at radius 1 is 1.36 bits per heavy atom. The van der Waals surface area contributed by atoms with E-state index in [0.29, 0.717) is 23.0 Å². The van der Waals surface area contributed by atoms with Gasteiger partial charge in [0.15, 0.2) is 0 Å². The average Bonchev–Trinajstić information content (AvgIpc) is 2.82. The first-order chi connectivity index (χ1) is 10.6. The van der Waals surface area contributed by atoms with Gasteiger partial charge in [-0.2, -0.15) is 0 Å². The summed E-state index contributed by atoms with van der Waals surface area (Å²) < 4.78 is 1.75. The molecule has 2 aromatic rings. The number of hydrogen-bond acceptors (Lipinski definition) is 3. The molecule has 2 heterocycles. The monoisotopic (exact) mass is 322 g/mol. The first-order valence-corrected chi connectivity index (χ1v) is 8.09. The predicted molar refractivity (Wildman–Crippen MR) is 89.7 cm³/mol. The molecule has 0 spiro atoms. The molecule has 0 aliphatic rings. The molecule has 2 rings (SSSR count). The van der Waals surface area contributed by atoms with Crippen LogP contribution < -0.4 is 5.32 Å². The van der Waals surface area contributed by atoms with Gasteiger partial charge in [-0.05, 0) is 45.1 Å². The summed E-state index contributed by atoms with van der Waals surface area (Å²) in [5.74, 6) is -0.105. The van der Waals surface area contributed by atoms with E-state index >= 15 is 0 Å². The molecule has 0 atom stereocenters. The fourth-order valence-electron chi connectivity index (χ4n) is 2.54. The van der Waals surface area contributed by atoms with Gasteiger partial charge in [-0.1, -0.05) is 25.4 Å². The minimum atomic E-state index is -0.105. The topological polar surface area (TPSA) is 49.6 Å². The molecule has 1 N–H and O–H groups in total. The Balaban J connectivity index is 2.01. The van der Waals surface area contributed by atoms with E-state index < -0.39 is 0 Å². The first kappa shape index (κ1) is 16.8. The molecule has 2 aromatic heterocycles. The highest BCUT2D eigenvalue weighted by atomic mass is 35.5. The van der Waals surface area contributed by atoms with Crippen molar-refractivity contribution in [2.45, 2.75) is 27.2 Å².